The fourth-order valence-corrected chi connectivity index (χ4v) is 3.16. The molecule has 23 heavy (non-hydrogen) atoms. The summed E-state index contributed by atoms with van der Waals surface area (Å²) in [4.78, 5) is 11.8. The van der Waals surface area contributed by atoms with Crippen LogP contribution in [0.25, 0.3) is 0 Å². The Morgan fingerprint density at radius 3 is 2.43 bits per heavy atom. The summed E-state index contributed by atoms with van der Waals surface area (Å²) in [6, 6.07) is 2.58. The Balaban J connectivity index is 3.38. The van der Waals surface area contributed by atoms with Gasteiger partial charge in [-0.25, -0.2) is 13.3 Å². The van der Waals surface area contributed by atoms with Gasteiger partial charge in [-0.3, -0.25) is 4.79 Å². The van der Waals surface area contributed by atoms with Gasteiger partial charge >= 0.3 is 5.97 Å². The lowest BCUT2D eigenvalue weighted by Gasteiger charge is -2.34. The van der Waals surface area contributed by atoms with E-state index in [1.807, 2.05) is 0 Å². The second kappa shape index (κ2) is 7.15. The highest BCUT2D eigenvalue weighted by molar-refractivity contribution is 7.84. The maximum absolute atomic E-state index is 13.5. The van der Waals surface area contributed by atoms with Crippen LogP contribution >= 0.6 is 11.6 Å². The number of rotatable bonds is 5. The van der Waals surface area contributed by atoms with E-state index >= 15 is 0 Å². The van der Waals surface area contributed by atoms with E-state index in [1.165, 1.54) is 13.2 Å². The number of ether oxygens (including phenoxy) is 1. The van der Waals surface area contributed by atoms with Gasteiger partial charge < -0.3 is 10.5 Å². The molecule has 3 N–H and O–H groups in total. The number of anilines is 1. The predicted molar refractivity (Wildman–Crippen MR) is 90.8 cm³/mol. The van der Waals surface area contributed by atoms with Crippen molar-refractivity contribution in [3.63, 3.8) is 0 Å². The summed E-state index contributed by atoms with van der Waals surface area (Å²) in [6.07, 6.45) is -0.143. The van der Waals surface area contributed by atoms with E-state index in [0.29, 0.717) is 5.56 Å². The van der Waals surface area contributed by atoms with Crippen LogP contribution < -0.4 is 10.5 Å². The first-order valence-corrected chi connectivity index (χ1v) is 8.45. The average Bonchev–Trinajstić information content (AvgIpc) is 2.43. The molecule has 0 radical (unpaired) electrons. The Labute approximate surface area is 143 Å². The van der Waals surface area contributed by atoms with Gasteiger partial charge in [0, 0.05) is 0 Å². The summed E-state index contributed by atoms with van der Waals surface area (Å²) in [7, 11) is -0.243. The molecular formula is C15H22ClFN2O3S. The molecule has 5 nitrogen and oxygen atoms in total. The normalized spacial score (nSPS) is 15.8. The number of esters is 1. The minimum atomic E-state index is -1.50. The first kappa shape index (κ1) is 19.9. The van der Waals surface area contributed by atoms with Gasteiger partial charge in [-0.05, 0) is 39.3 Å². The largest absolute Gasteiger partial charge is 0.469 e. The first-order chi connectivity index (χ1) is 10.4. The van der Waals surface area contributed by atoms with E-state index in [2.05, 4.69) is 4.72 Å². The third kappa shape index (κ3) is 4.65. The number of carbonyl (C=O) groups is 1. The fourth-order valence-electron chi connectivity index (χ4n) is 1.90. The van der Waals surface area contributed by atoms with Gasteiger partial charge in [0.05, 0.1) is 45.5 Å². The number of carbonyl (C=O) groups excluding carboxylic acids is 1. The zero-order chi connectivity index (χ0) is 18.0. The van der Waals surface area contributed by atoms with Gasteiger partial charge in [-0.15, -0.1) is 0 Å². The molecule has 1 rings (SSSR count). The molecule has 0 aliphatic carbocycles. The number of halogens is 2. The fraction of sp³-hybridized carbons (Fsp3) is 0.533. The molecule has 1 aromatic carbocycles. The lowest BCUT2D eigenvalue weighted by Crippen LogP contribution is -2.47. The van der Waals surface area contributed by atoms with Crippen molar-refractivity contribution in [2.24, 2.45) is 0 Å². The summed E-state index contributed by atoms with van der Waals surface area (Å²) in [5.74, 6) is -1.18. The Kier molecular flexibility index (Phi) is 6.18. The minimum absolute atomic E-state index is 0.0187. The molecule has 0 bridgehead atoms. The maximum Gasteiger partial charge on any atom is 0.307 e. The number of nitrogen functional groups attached to an aromatic ring is 1. The Morgan fingerprint density at radius 2 is 1.96 bits per heavy atom. The van der Waals surface area contributed by atoms with Crippen LogP contribution in [0.4, 0.5) is 10.1 Å². The van der Waals surface area contributed by atoms with Crippen LogP contribution in [0.5, 0.6) is 0 Å². The third-order valence-corrected chi connectivity index (χ3v) is 5.48. The van der Waals surface area contributed by atoms with Crippen molar-refractivity contribution < 1.29 is 18.1 Å². The molecule has 0 aliphatic heterocycles. The summed E-state index contributed by atoms with van der Waals surface area (Å²) in [6.45, 7) is 7.01. The molecule has 0 fully saturated rings. The highest BCUT2D eigenvalue weighted by Crippen LogP contribution is 2.36. The molecular weight excluding hydrogens is 343 g/mol. The van der Waals surface area contributed by atoms with Crippen LogP contribution in [0.3, 0.4) is 0 Å². The number of hydrogen-bond acceptors (Lipinski definition) is 4. The average molecular weight is 365 g/mol. The summed E-state index contributed by atoms with van der Waals surface area (Å²) in [5, 5.41) is -0.0187. The predicted octanol–water partition coefficient (Wildman–Crippen LogP) is 2.89. The summed E-state index contributed by atoms with van der Waals surface area (Å²) >= 11 is 6.15. The Bertz CT molecular complexity index is 634. The number of nitrogens with two attached hydrogens (primary N) is 1. The number of nitrogens with one attached hydrogen (secondary N) is 1. The quantitative estimate of drug-likeness (QED) is 0.621. The van der Waals surface area contributed by atoms with Gasteiger partial charge in [0.2, 0.25) is 0 Å². The Morgan fingerprint density at radius 1 is 1.39 bits per heavy atom. The van der Waals surface area contributed by atoms with Crippen molar-refractivity contribution in [1.82, 2.24) is 4.72 Å². The van der Waals surface area contributed by atoms with E-state index in [1.54, 1.807) is 27.7 Å². The van der Waals surface area contributed by atoms with E-state index in [-0.39, 0.29) is 17.1 Å². The van der Waals surface area contributed by atoms with Crippen molar-refractivity contribution in [3.05, 3.63) is 28.5 Å². The molecule has 0 heterocycles. The highest BCUT2D eigenvalue weighted by atomic mass is 35.5. The Hall–Kier alpha value is -1.18. The molecule has 130 valence electrons. The van der Waals surface area contributed by atoms with Gasteiger partial charge in [-0.2, -0.15) is 0 Å². The lowest BCUT2D eigenvalue weighted by atomic mass is 9.89. The van der Waals surface area contributed by atoms with Crippen molar-refractivity contribution in [2.45, 2.75) is 44.4 Å². The van der Waals surface area contributed by atoms with Gasteiger partial charge in [0.1, 0.15) is 5.82 Å². The topological polar surface area (TPSA) is 81.4 Å². The van der Waals surface area contributed by atoms with Crippen molar-refractivity contribution >= 4 is 34.2 Å². The molecule has 0 saturated carbocycles. The van der Waals surface area contributed by atoms with Crippen LogP contribution in [0.1, 0.15) is 39.7 Å². The van der Waals surface area contributed by atoms with Crippen LogP contribution in [0.2, 0.25) is 5.02 Å². The highest BCUT2D eigenvalue weighted by Gasteiger charge is 2.37. The molecule has 0 amide bonds. The van der Waals surface area contributed by atoms with E-state index in [4.69, 9.17) is 22.1 Å². The standard InChI is InChI=1S/C15H22ClFN2O3S/c1-14(2,3)23(21)19-15(4,8-11(20)22-5)9-6-7-10(17)13(18)12(9)16/h6-7,19H,8,18H2,1-5H3/t15-,23+/m0/s1. The molecule has 0 unspecified atom stereocenters. The second-order valence-electron chi connectivity index (χ2n) is 6.39. The van der Waals surface area contributed by atoms with E-state index in [0.717, 1.165) is 6.07 Å². The maximum atomic E-state index is 13.5. The molecule has 0 spiro atoms. The molecule has 8 heteroatoms. The number of hydrogen-bond donors (Lipinski definition) is 2. The van der Waals surface area contributed by atoms with Crippen LogP contribution in [-0.4, -0.2) is 22.0 Å². The monoisotopic (exact) mass is 364 g/mol. The van der Waals surface area contributed by atoms with Crippen LogP contribution in [-0.2, 0) is 26.1 Å². The molecule has 0 saturated heterocycles. The van der Waals surface area contributed by atoms with Gasteiger partial charge in [-0.1, -0.05) is 17.7 Å². The number of benzene rings is 1. The van der Waals surface area contributed by atoms with Crippen molar-refractivity contribution in [3.8, 4) is 0 Å². The van der Waals surface area contributed by atoms with E-state index in [9.17, 15) is 13.4 Å². The van der Waals surface area contributed by atoms with Crippen molar-refractivity contribution in [1.29, 1.82) is 0 Å². The molecule has 0 aliphatic rings. The second-order valence-corrected chi connectivity index (χ2v) is 8.74. The number of methoxy groups -OCH3 is 1. The SMILES string of the molecule is COC(=O)C[C@](C)(N[S@](=O)C(C)(C)C)c1ccc(F)c(N)c1Cl. The molecule has 0 aromatic heterocycles. The molecule has 1 aromatic rings. The third-order valence-electron chi connectivity index (χ3n) is 3.32. The van der Waals surface area contributed by atoms with E-state index < -0.39 is 33.1 Å². The van der Waals surface area contributed by atoms with Crippen LogP contribution in [0, 0.1) is 5.82 Å². The summed E-state index contributed by atoms with van der Waals surface area (Å²) < 4.78 is 33.1. The first-order valence-electron chi connectivity index (χ1n) is 6.93. The zero-order valence-corrected chi connectivity index (χ0v) is 15.4. The van der Waals surface area contributed by atoms with Crippen molar-refractivity contribution in [2.75, 3.05) is 12.8 Å². The zero-order valence-electron chi connectivity index (χ0n) is 13.8. The van der Waals surface area contributed by atoms with Crippen LogP contribution in [0.15, 0.2) is 12.1 Å². The van der Waals surface area contributed by atoms with Gasteiger partial charge in [0.25, 0.3) is 0 Å². The molecule has 2 atom stereocenters. The smallest absolute Gasteiger partial charge is 0.307 e. The summed E-state index contributed by atoms with van der Waals surface area (Å²) in [5.41, 5.74) is 4.65. The van der Waals surface area contributed by atoms with Gasteiger partial charge in [0.15, 0.2) is 0 Å². The minimum Gasteiger partial charge on any atom is -0.469 e. The lowest BCUT2D eigenvalue weighted by molar-refractivity contribution is -0.142.